The van der Waals surface area contributed by atoms with Gasteiger partial charge in [-0.25, -0.2) is 9.97 Å². The second-order valence-corrected chi connectivity index (χ2v) is 12.1. The Labute approximate surface area is 250 Å². The first kappa shape index (κ1) is 23.1. The van der Waals surface area contributed by atoms with Gasteiger partial charge in [0.1, 0.15) is 11.5 Å². The highest BCUT2D eigenvalue weighted by atomic mass is 32.1. The first-order chi connectivity index (χ1) is 21.3. The van der Waals surface area contributed by atoms with Gasteiger partial charge in [0.15, 0.2) is 5.82 Å². The number of thiophene rings is 1. The fraction of sp³-hybridized carbons (Fsp3) is 0. The van der Waals surface area contributed by atoms with Gasteiger partial charge in [-0.1, -0.05) is 54.6 Å². The minimum Gasteiger partial charge on any atom is -0.456 e. The Kier molecular flexibility index (Phi) is 4.57. The molecule has 0 bridgehead atoms. The van der Waals surface area contributed by atoms with E-state index in [0.717, 1.165) is 44.9 Å². The monoisotopic (exact) mass is 567 g/mol. The predicted molar refractivity (Wildman–Crippen MR) is 178 cm³/mol. The number of benzene rings is 6. The number of aromatic nitrogens is 3. The molecular formula is C38H21N3OS. The zero-order valence-corrected chi connectivity index (χ0v) is 23.6. The number of fused-ring (bicyclic) bond motifs is 8. The lowest BCUT2D eigenvalue weighted by Crippen LogP contribution is -2.02. The number of rotatable bonds is 2. The van der Waals surface area contributed by atoms with Crippen molar-refractivity contribution in [2.45, 2.75) is 0 Å². The molecule has 1 aliphatic heterocycles. The Morgan fingerprint density at radius 2 is 1.35 bits per heavy atom. The van der Waals surface area contributed by atoms with Crippen LogP contribution in [0.15, 0.2) is 127 Å². The minimum atomic E-state index is 0.706. The number of ether oxygens (including phenoxy) is 1. The first-order valence-corrected chi connectivity index (χ1v) is 15.2. The second kappa shape index (κ2) is 8.51. The summed E-state index contributed by atoms with van der Waals surface area (Å²) in [6, 6.07) is 44.8. The van der Waals surface area contributed by atoms with Crippen LogP contribution in [-0.4, -0.2) is 14.5 Å². The largest absolute Gasteiger partial charge is 0.456 e. The van der Waals surface area contributed by atoms with Gasteiger partial charge in [-0.05, 0) is 72.8 Å². The van der Waals surface area contributed by atoms with E-state index in [1.807, 2.05) is 47.7 Å². The van der Waals surface area contributed by atoms with Crippen molar-refractivity contribution >= 4 is 64.2 Å². The van der Waals surface area contributed by atoms with Crippen molar-refractivity contribution in [3.8, 4) is 39.8 Å². The van der Waals surface area contributed by atoms with E-state index in [9.17, 15) is 0 Å². The zero-order chi connectivity index (χ0) is 28.1. The van der Waals surface area contributed by atoms with Gasteiger partial charge in [-0.2, -0.15) is 0 Å². The second-order valence-electron chi connectivity index (χ2n) is 11.0. The minimum absolute atomic E-state index is 0.706. The highest BCUT2D eigenvalue weighted by Gasteiger charge is 2.23. The maximum absolute atomic E-state index is 6.18. The van der Waals surface area contributed by atoms with Gasteiger partial charge in [0.25, 0.3) is 0 Å². The third kappa shape index (κ3) is 3.25. The van der Waals surface area contributed by atoms with Gasteiger partial charge in [0, 0.05) is 47.8 Å². The van der Waals surface area contributed by atoms with Crippen molar-refractivity contribution < 1.29 is 4.74 Å². The maximum atomic E-state index is 6.18. The van der Waals surface area contributed by atoms with Gasteiger partial charge in [-0.15, -0.1) is 11.3 Å². The summed E-state index contributed by atoms with van der Waals surface area (Å²) in [5.41, 5.74) is 7.28. The van der Waals surface area contributed by atoms with Crippen molar-refractivity contribution in [2.24, 2.45) is 0 Å². The van der Waals surface area contributed by atoms with Crippen molar-refractivity contribution in [2.75, 3.05) is 0 Å². The molecule has 10 rings (SSSR count). The predicted octanol–water partition coefficient (Wildman–Crippen LogP) is 10.5. The number of nitrogens with zero attached hydrogens (tertiary/aromatic N) is 3. The molecule has 4 heterocycles. The van der Waals surface area contributed by atoms with Gasteiger partial charge in [-0.3, -0.25) is 0 Å². The van der Waals surface area contributed by atoms with Gasteiger partial charge in [0.2, 0.25) is 0 Å². The third-order valence-corrected chi connectivity index (χ3v) is 9.74. The van der Waals surface area contributed by atoms with Crippen LogP contribution in [0.5, 0.6) is 11.5 Å². The third-order valence-electron chi connectivity index (χ3n) is 8.60. The molecular weight excluding hydrogens is 547 g/mol. The summed E-state index contributed by atoms with van der Waals surface area (Å²) in [6.07, 6.45) is 0. The van der Waals surface area contributed by atoms with Crippen molar-refractivity contribution in [1.29, 1.82) is 0 Å². The molecule has 0 unspecified atom stereocenters. The molecule has 43 heavy (non-hydrogen) atoms. The average molecular weight is 568 g/mol. The summed E-state index contributed by atoms with van der Waals surface area (Å²) in [6.45, 7) is 0. The lowest BCUT2D eigenvalue weighted by atomic mass is 10.0. The summed E-state index contributed by atoms with van der Waals surface area (Å²) in [4.78, 5) is 10.1. The highest BCUT2D eigenvalue weighted by molar-refractivity contribution is 7.25. The number of hydrogen-bond donors (Lipinski definition) is 0. The molecule has 0 aliphatic carbocycles. The van der Waals surface area contributed by atoms with Crippen LogP contribution in [0.2, 0.25) is 0 Å². The lowest BCUT2D eigenvalue weighted by molar-refractivity contribution is 0.486. The fourth-order valence-corrected chi connectivity index (χ4v) is 7.78. The summed E-state index contributed by atoms with van der Waals surface area (Å²) in [7, 11) is 0. The quantitative estimate of drug-likeness (QED) is 0.209. The molecule has 5 heteroatoms. The summed E-state index contributed by atoms with van der Waals surface area (Å²) in [5, 5.41) is 6.12. The molecule has 200 valence electrons. The van der Waals surface area contributed by atoms with E-state index < -0.39 is 0 Å². The SMILES string of the molecule is c1ccc2c(c1)Oc1cccc3nc(-c4ccc(-n5c6ccccc6c6cc7c(cc65)sc5ccccc57)cc4)nc-2c13. The average Bonchev–Trinajstić information content (AvgIpc) is 3.58. The molecule has 0 N–H and O–H groups in total. The van der Waals surface area contributed by atoms with Crippen molar-refractivity contribution in [1.82, 2.24) is 14.5 Å². The molecule has 0 spiro atoms. The lowest BCUT2D eigenvalue weighted by Gasteiger charge is -2.20. The van der Waals surface area contributed by atoms with E-state index >= 15 is 0 Å². The van der Waals surface area contributed by atoms with E-state index in [4.69, 9.17) is 14.7 Å². The Morgan fingerprint density at radius 1 is 0.558 bits per heavy atom. The standard InChI is InChI=1S/C38H21N3OS/c1-4-12-30-24(8-1)27-20-28-25-9-3-6-15-34(25)43-35(28)21-31(27)41(30)23-18-16-22(17-19-23)38-39-29-11-7-14-33-36(29)37(40-38)26-10-2-5-13-32(26)42-33/h1-21H. The molecule has 0 atom stereocenters. The van der Waals surface area contributed by atoms with Crippen molar-refractivity contribution in [3.05, 3.63) is 127 Å². The molecule has 0 radical (unpaired) electrons. The molecule has 0 saturated heterocycles. The van der Waals surface area contributed by atoms with Crippen molar-refractivity contribution in [3.63, 3.8) is 0 Å². The molecule has 4 nitrogen and oxygen atoms in total. The van der Waals surface area contributed by atoms with E-state index in [1.165, 1.54) is 42.0 Å². The topological polar surface area (TPSA) is 39.9 Å². The molecule has 1 aliphatic rings. The Bertz CT molecular complexity index is 2590. The molecule has 0 amide bonds. The Morgan fingerprint density at radius 3 is 2.28 bits per heavy atom. The number of hydrogen-bond acceptors (Lipinski definition) is 4. The van der Waals surface area contributed by atoms with Gasteiger partial charge >= 0.3 is 0 Å². The Hall–Kier alpha value is -5.52. The smallest absolute Gasteiger partial charge is 0.160 e. The Balaban J connectivity index is 1.16. The normalized spacial score (nSPS) is 12.4. The summed E-state index contributed by atoms with van der Waals surface area (Å²) < 4.78 is 11.2. The van der Waals surface area contributed by atoms with Gasteiger partial charge in [0.05, 0.1) is 27.6 Å². The first-order valence-electron chi connectivity index (χ1n) is 14.3. The molecule has 3 aromatic heterocycles. The zero-order valence-electron chi connectivity index (χ0n) is 22.8. The summed E-state index contributed by atoms with van der Waals surface area (Å²) in [5.74, 6) is 2.32. The number of para-hydroxylation sites is 2. The molecule has 6 aromatic carbocycles. The molecule has 9 aromatic rings. The maximum Gasteiger partial charge on any atom is 0.160 e. The van der Waals surface area contributed by atoms with E-state index in [2.05, 4.69) is 95.6 Å². The van der Waals surface area contributed by atoms with E-state index in [-0.39, 0.29) is 0 Å². The van der Waals surface area contributed by atoms with Crippen LogP contribution in [-0.2, 0) is 0 Å². The van der Waals surface area contributed by atoms with Crippen LogP contribution < -0.4 is 4.74 Å². The molecule has 0 fully saturated rings. The van der Waals surface area contributed by atoms with Crippen LogP contribution in [0.3, 0.4) is 0 Å². The summed E-state index contributed by atoms with van der Waals surface area (Å²) >= 11 is 1.86. The van der Waals surface area contributed by atoms with E-state index in [0.29, 0.717) is 5.82 Å². The van der Waals surface area contributed by atoms with Crippen LogP contribution in [0.4, 0.5) is 0 Å². The van der Waals surface area contributed by atoms with E-state index in [1.54, 1.807) is 0 Å². The van der Waals surface area contributed by atoms with Gasteiger partial charge < -0.3 is 9.30 Å². The highest BCUT2D eigenvalue weighted by Crippen LogP contribution is 2.45. The van der Waals surface area contributed by atoms with Crippen LogP contribution in [0.25, 0.3) is 81.2 Å². The van der Waals surface area contributed by atoms with Crippen LogP contribution in [0.1, 0.15) is 0 Å². The van der Waals surface area contributed by atoms with Crippen LogP contribution in [0, 0.1) is 0 Å². The fourth-order valence-electron chi connectivity index (χ4n) is 6.66. The van der Waals surface area contributed by atoms with Crippen LogP contribution >= 0.6 is 11.3 Å². The molecule has 0 saturated carbocycles.